The molecule has 0 heterocycles. The van der Waals surface area contributed by atoms with Crippen LogP contribution in [0.2, 0.25) is 0 Å². The third kappa shape index (κ3) is 6.71. The Balaban J connectivity index is 5.08. The largest absolute Gasteiger partial charge is 0.250 e. The topological polar surface area (TPSA) is 0 Å². The van der Waals surface area contributed by atoms with Gasteiger partial charge in [0.25, 0.3) is 5.92 Å². The van der Waals surface area contributed by atoms with Crippen LogP contribution in [-0.2, 0) is 0 Å². The van der Waals surface area contributed by atoms with Crippen LogP contribution >= 0.6 is 0 Å². The van der Waals surface area contributed by atoms with Gasteiger partial charge in [0.1, 0.15) is 0 Å². The van der Waals surface area contributed by atoms with Gasteiger partial charge in [0, 0.05) is 11.0 Å². The van der Waals surface area contributed by atoms with Gasteiger partial charge in [-0.25, -0.2) is 8.78 Å². The van der Waals surface area contributed by atoms with Gasteiger partial charge in [0.05, 0.1) is 0 Å². The van der Waals surface area contributed by atoms with Gasteiger partial charge in [0.2, 0.25) is 0 Å². The number of terminal acetylenes is 1. The van der Waals surface area contributed by atoms with Crippen molar-refractivity contribution in [3.05, 3.63) is 59.3 Å². The first-order valence-corrected chi connectivity index (χ1v) is 8.21. The highest BCUT2D eigenvalue weighted by Gasteiger charge is 2.43. The fourth-order valence-electron chi connectivity index (χ4n) is 1.86. The van der Waals surface area contributed by atoms with Crippen LogP contribution in [0.15, 0.2) is 59.3 Å². The molecule has 0 bridgehead atoms. The standard InChI is InChI=1S/C22H30F2/c1-9-20(19(6)15-14-18(5)17(3)4)13-11-12-16-21(7,10-2)22(8,23)24/h1,11-15H,6,10,16H2,2-5,7-8H3/b12-11-,15-14-,20-13+. The van der Waals surface area contributed by atoms with Crippen LogP contribution in [0.3, 0.4) is 0 Å². The Kier molecular flexibility index (Phi) is 8.69. The van der Waals surface area contributed by atoms with Crippen LogP contribution in [0.4, 0.5) is 8.78 Å². The van der Waals surface area contributed by atoms with Crippen molar-refractivity contribution in [2.24, 2.45) is 5.41 Å². The van der Waals surface area contributed by atoms with E-state index in [2.05, 4.69) is 12.5 Å². The molecule has 0 aromatic heterocycles. The molecule has 0 rings (SSSR count). The summed E-state index contributed by atoms with van der Waals surface area (Å²) in [5.41, 5.74) is 2.70. The second-order valence-corrected chi connectivity index (χ2v) is 6.70. The Labute approximate surface area is 146 Å². The number of allylic oxidation sites excluding steroid dienone is 9. The van der Waals surface area contributed by atoms with Crippen LogP contribution in [-0.4, -0.2) is 5.92 Å². The lowest BCUT2D eigenvalue weighted by Gasteiger charge is -2.33. The van der Waals surface area contributed by atoms with Crippen LogP contribution in [0.1, 0.15) is 54.4 Å². The zero-order valence-corrected chi connectivity index (χ0v) is 15.8. The molecule has 0 N–H and O–H groups in total. The van der Waals surface area contributed by atoms with Crippen LogP contribution in [0.25, 0.3) is 0 Å². The van der Waals surface area contributed by atoms with E-state index in [-0.39, 0.29) is 0 Å². The predicted octanol–water partition coefficient (Wildman–Crippen LogP) is 7.03. The van der Waals surface area contributed by atoms with Gasteiger partial charge in [-0.2, -0.15) is 0 Å². The van der Waals surface area contributed by atoms with E-state index in [0.29, 0.717) is 18.4 Å². The lowest BCUT2D eigenvalue weighted by molar-refractivity contribution is -0.0982. The predicted molar refractivity (Wildman–Crippen MR) is 102 cm³/mol. The van der Waals surface area contributed by atoms with E-state index in [9.17, 15) is 8.78 Å². The van der Waals surface area contributed by atoms with Gasteiger partial charge in [-0.3, -0.25) is 0 Å². The monoisotopic (exact) mass is 332 g/mol. The third-order valence-electron chi connectivity index (χ3n) is 4.63. The second-order valence-electron chi connectivity index (χ2n) is 6.70. The molecule has 0 saturated heterocycles. The number of hydrogen-bond donors (Lipinski definition) is 0. The molecule has 0 spiro atoms. The highest BCUT2D eigenvalue weighted by atomic mass is 19.3. The van der Waals surface area contributed by atoms with Gasteiger partial charge in [-0.05, 0) is 52.2 Å². The molecular weight excluding hydrogens is 302 g/mol. The quantitative estimate of drug-likeness (QED) is 0.330. The first-order chi connectivity index (χ1) is 11.0. The molecule has 1 unspecified atom stereocenters. The molecule has 0 aliphatic carbocycles. The molecule has 0 amide bonds. The van der Waals surface area contributed by atoms with Gasteiger partial charge in [-0.15, -0.1) is 6.42 Å². The summed E-state index contributed by atoms with van der Waals surface area (Å²) < 4.78 is 27.4. The van der Waals surface area contributed by atoms with Gasteiger partial charge >= 0.3 is 0 Å². The molecule has 0 aliphatic rings. The number of rotatable bonds is 8. The molecule has 0 aromatic rings. The van der Waals surface area contributed by atoms with Gasteiger partial charge < -0.3 is 0 Å². The second kappa shape index (κ2) is 9.42. The molecule has 0 fully saturated rings. The third-order valence-corrected chi connectivity index (χ3v) is 4.63. The SMILES string of the molecule is C#C/C(=C\C=C/CC(C)(CC)C(C)(F)F)C(=C)/C=C\C(C)=C(C)C. The Hall–Kier alpha value is -1.88. The van der Waals surface area contributed by atoms with Crippen LogP contribution in [0.5, 0.6) is 0 Å². The lowest BCUT2D eigenvalue weighted by atomic mass is 9.78. The lowest BCUT2D eigenvalue weighted by Crippen LogP contribution is -2.35. The summed E-state index contributed by atoms with van der Waals surface area (Å²) in [6.45, 7) is 14.4. The van der Waals surface area contributed by atoms with Gasteiger partial charge in [-0.1, -0.05) is 61.8 Å². The zero-order valence-electron chi connectivity index (χ0n) is 15.8. The van der Waals surface area contributed by atoms with E-state index < -0.39 is 11.3 Å². The molecule has 0 radical (unpaired) electrons. The van der Waals surface area contributed by atoms with E-state index >= 15 is 0 Å². The van der Waals surface area contributed by atoms with Crippen molar-refractivity contribution in [2.75, 3.05) is 0 Å². The Bertz CT molecular complexity index is 597. The molecule has 1 atom stereocenters. The van der Waals surface area contributed by atoms with Crippen molar-refractivity contribution < 1.29 is 8.78 Å². The van der Waals surface area contributed by atoms with Crippen LogP contribution < -0.4 is 0 Å². The van der Waals surface area contributed by atoms with Crippen molar-refractivity contribution in [1.82, 2.24) is 0 Å². The molecule has 2 heteroatoms. The minimum absolute atomic E-state index is 0.292. The minimum atomic E-state index is -2.72. The summed E-state index contributed by atoms with van der Waals surface area (Å²) in [5, 5.41) is 0. The van der Waals surface area contributed by atoms with Crippen molar-refractivity contribution in [3.63, 3.8) is 0 Å². The number of halogens is 2. The van der Waals surface area contributed by atoms with Crippen molar-refractivity contribution in [2.45, 2.75) is 60.3 Å². The van der Waals surface area contributed by atoms with Crippen molar-refractivity contribution in [3.8, 4) is 12.3 Å². The summed E-state index contributed by atoms with van der Waals surface area (Å²) in [4.78, 5) is 0. The molecule has 0 saturated carbocycles. The Morgan fingerprint density at radius 1 is 1.17 bits per heavy atom. The van der Waals surface area contributed by atoms with Crippen molar-refractivity contribution in [1.29, 1.82) is 0 Å². The fraction of sp³-hybridized carbons (Fsp3) is 0.455. The smallest absolute Gasteiger partial charge is 0.207 e. The molecule has 0 aliphatic heterocycles. The van der Waals surface area contributed by atoms with E-state index in [0.717, 1.165) is 18.1 Å². The molecule has 132 valence electrons. The van der Waals surface area contributed by atoms with E-state index in [1.165, 1.54) is 5.57 Å². The minimum Gasteiger partial charge on any atom is -0.207 e. The maximum Gasteiger partial charge on any atom is 0.250 e. The number of alkyl halides is 2. The van der Waals surface area contributed by atoms with E-state index in [1.54, 1.807) is 32.1 Å². The maximum absolute atomic E-state index is 13.7. The van der Waals surface area contributed by atoms with Gasteiger partial charge in [0.15, 0.2) is 0 Å². The fourth-order valence-corrected chi connectivity index (χ4v) is 1.86. The summed E-state index contributed by atoms with van der Waals surface area (Å²) in [7, 11) is 0. The summed E-state index contributed by atoms with van der Waals surface area (Å²) >= 11 is 0. The summed E-state index contributed by atoms with van der Waals surface area (Å²) in [6.07, 6.45) is 15.3. The van der Waals surface area contributed by atoms with E-state index in [4.69, 9.17) is 6.42 Å². The summed E-state index contributed by atoms with van der Waals surface area (Å²) in [6, 6.07) is 0. The summed E-state index contributed by atoms with van der Waals surface area (Å²) in [5.74, 6) is -0.132. The van der Waals surface area contributed by atoms with E-state index in [1.807, 2.05) is 32.9 Å². The molecule has 24 heavy (non-hydrogen) atoms. The normalized spacial score (nSPS) is 15.4. The maximum atomic E-state index is 13.7. The molecule has 0 nitrogen and oxygen atoms in total. The molecule has 0 aromatic carbocycles. The molecular formula is C22H30F2. The Morgan fingerprint density at radius 3 is 2.17 bits per heavy atom. The first-order valence-electron chi connectivity index (χ1n) is 8.21. The average molecular weight is 332 g/mol. The first kappa shape index (κ1) is 22.1. The average Bonchev–Trinajstić information content (AvgIpc) is 2.50. The zero-order chi connectivity index (χ0) is 19.0. The van der Waals surface area contributed by atoms with Crippen LogP contribution in [0, 0.1) is 17.8 Å². The highest BCUT2D eigenvalue weighted by Crippen LogP contribution is 2.42. The Morgan fingerprint density at radius 2 is 1.75 bits per heavy atom. The van der Waals surface area contributed by atoms with Crippen molar-refractivity contribution >= 4 is 0 Å². The highest BCUT2D eigenvalue weighted by molar-refractivity contribution is 5.51. The number of hydrogen-bond acceptors (Lipinski definition) is 0.